The van der Waals surface area contributed by atoms with Crippen molar-refractivity contribution in [1.82, 2.24) is 20.0 Å². The molecular weight excluding hydrogens is 558 g/mol. The number of nitrogens with zero attached hydrogens (tertiary/aromatic N) is 3. The largest absolute Gasteiger partial charge is 0.365 e. The topological polar surface area (TPSA) is 154 Å². The fourth-order valence-electron chi connectivity index (χ4n) is 5.63. The van der Waals surface area contributed by atoms with Crippen LogP contribution in [-0.4, -0.2) is 90.2 Å². The number of nitrogens with one attached hydrogen (secondary N) is 2. The first-order valence-electron chi connectivity index (χ1n) is 14.4. The van der Waals surface area contributed by atoms with Crippen LogP contribution in [0, 0.1) is 5.92 Å². The summed E-state index contributed by atoms with van der Waals surface area (Å²) in [4.78, 5) is 56.1. The van der Waals surface area contributed by atoms with E-state index >= 15 is 0 Å². The number of carbonyl (C=O) groups is 4. The molecule has 2 saturated heterocycles. The van der Waals surface area contributed by atoms with Crippen molar-refractivity contribution in [1.29, 1.82) is 0 Å². The number of rotatable bonds is 10. The van der Waals surface area contributed by atoms with Gasteiger partial charge in [0, 0.05) is 43.9 Å². The van der Waals surface area contributed by atoms with Crippen LogP contribution < -0.4 is 22.1 Å². The van der Waals surface area contributed by atoms with E-state index in [9.17, 15) is 19.2 Å². The van der Waals surface area contributed by atoms with Gasteiger partial charge in [0.15, 0.2) is 0 Å². The highest BCUT2D eigenvalue weighted by molar-refractivity contribution is 5.99. The van der Waals surface area contributed by atoms with Crippen LogP contribution in [0.4, 0.5) is 5.69 Å². The number of unbranched alkanes of at least 4 members (excludes halogenated alkanes) is 1. The van der Waals surface area contributed by atoms with Gasteiger partial charge in [0.1, 0.15) is 5.82 Å². The van der Waals surface area contributed by atoms with E-state index in [1.807, 2.05) is 11.0 Å². The molecule has 0 radical (unpaired) electrons. The molecule has 3 heterocycles. The average Bonchev–Trinajstić information content (AvgIpc) is 3.01. The molecule has 12 heteroatoms. The van der Waals surface area contributed by atoms with Crippen molar-refractivity contribution in [3.8, 4) is 0 Å². The van der Waals surface area contributed by atoms with Crippen LogP contribution in [0.15, 0.2) is 60.5 Å². The van der Waals surface area contributed by atoms with E-state index < -0.39 is 5.91 Å². The Hall–Kier alpha value is -3.67. The molecule has 2 fully saturated rings. The lowest BCUT2D eigenvalue weighted by Crippen LogP contribution is -2.50. The van der Waals surface area contributed by atoms with E-state index in [0.717, 1.165) is 38.8 Å². The van der Waals surface area contributed by atoms with Crippen molar-refractivity contribution >= 4 is 41.7 Å². The van der Waals surface area contributed by atoms with E-state index in [2.05, 4.69) is 17.2 Å². The number of benzene rings is 1. The van der Waals surface area contributed by atoms with E-state index in [-0.39, 0.29) is 47.7 Å². The highest BCUT2D eigenvalue weighted by atomic mass is 35.5. The third-order valence-electron chi connectivity index (χ3n) is 7.96. The summed E-state index contributed by atoms with van der Waals surface area (Å²) in [6.07, 6.45) is 8.67. The number of hydrogen-bond donors (Lipinski definition) is 4. The van der Waals surface area contributed by atoms with Gasteiger partial charge >= 0.3 is 0 Å². The van der Waals surface area contributed by atoms with Gasteiger partial charge < -0.3 is 31.9 Å². The van der Waals surface area contributed by atoms with Crippen LogP contribution in [0.1, 0.15) is 42.5 Å². The number of anilines is 1. The summed E-state index contributed by atoms with van der Waals surface area (Å²) in [7, 11) is 0. The monoisotopic (exact) mass is 599 g/mol. The van der Waals surface area contributed by atoms with Gasteiger partial charge in [0.05, 0.1) is 11.6 Å². The molecule has 0 bridgehead atoms. The second-order valence-electron chi connectivity index (χ2n) is 10.6. The van der Waals surface area contributed by atoms with Gasteiger partial charge in [0.2, 0.25) is 5.91 Å². The molecule has 42 heavy (non-hydrogen) atoms. The molecule has 1 atom stereocenters. The smallest absolute Gasteiger partial charge is 0.253 e. The number of carbonyl (C=O) groups excluding carboxylic acids is 4. The first-order chi connectivity index (χ1) is 19.8. The standard InChI is InChI=1S/C30H41N7O4.ClH/c1-2-26(38)37-25(21-12-15-33-16-13-21)11-10-24(28(32)40)29(37)34-23-8-6-22(7-9-23)30(41)36-19-17-35(18-20-36)27(39)5-3-4-14-31;/h2,6-11,21,25,33-34H,1,3-5,12-20,31H2,(H2,32,40);1H. The molecule has 1 aromatic carbocycles. The molecule has 0 saturated carbocycles. The zero-order valence-corrected chi connectivity index (χ0v) is 24.7. The lowest BCUT2D eigenvalue weighted by Gasteiger charge is -2.40. The second-order valence-corrected chi connectivity index (χ2v) is 10.6. The third kappa shape index (κ3) is 7.78. The third-order valence-corrected chi connectivity index (χ3v) is 7.96. The molecule has 1 aromatic rings. The van der Waals surface area contributed by atoms with Gasteiger partial charge in [-0.3, -0.25) is 24.1 Å². The molecule has 0 aromatic heterocycles. The number of piperidine rings is 1. The first kappa shape index (κ1) is 32.8. The fraction of sp³-hybridized carbons (Fsp3) is 0.467. The summed E-state index contributed by atoms with van der Waals surface area (Å²) in [5.74, 6) is -0.474. The predicted octanol–water partition coefficient (Wildman–Crippen LogP) is 1.58. The molecule has 11 nitrogen and oxygen atoms in total. The van der Waals surface area contributed by atoms with Crippen molar-refractivity contribution in [3.05, 3.63) is 66.0 Å². The molecular formula is C30H42ClN7O4. The predicted molar refractivity (Wildman–Crippen MR) is 164 cm³/mol. The number of primary amides is 1. The van der Waals surface area contributed by atoms with Gasteiger partial charge in [-0.25, -0.2) is 0 Å². The minimum Gasteiger partial charge on any atom is -0.365 e. The van der Waals surface area contributed by atoms with Crippen LogP contribution in [-0.2, 0) is 14.4 Å². The molecule has 3 aliphatic rings. The molecule has 228 valence electrons. The molecule has 0 aliphatic carbocycles. The Balaban J connectivity index is 0.00000484. The maximum absolute atomic E-state index is 13.2. The van der Waals surface area contributed by atoms with Gasteiger partial charge in [-0.2, -0.15) is 0 Å². The van der Waals surface area contributed by atoms with Crippen LogP contribution >= 0.6 is 12.4 Å². The van der Waals surface area contributed by atoms with Gasteiger partial charge in [-0.05, 0) is 87.7 Å². The van der Waals surface area contributed by atoms with E-state index in [1.54, 1.807) is 40.1 Å². The minimum atomic E-state index is -0.654. The summed E-state index contributed by atoms with van der Waals surface area (Å²) >= 11 is 0. The van der Waals surface area contributed by atoms with Crippen molar-refractivity contribution in [2.24, 2.45) is 17.4 Å². The van der Waals surface area contributed by atoms with Crippen molar-refractivity contribution < 1.29 is 19.2 Å². The number of amides is 4. The lowest BCUT2D eigenvalue weighted by atomic mass is 9.86. The number of nitrogens with two attached hydrogens (primary N) is 2. The molecule has 3 aliphatic heterocycles. The molecule has 4 rings (SSSR count). The van der Waals surface area contributed by atoms with Crippen LogP contribution in [0.5, 0.6) is 0 Å². The van der Waals surface area contributed by atoms with E-state index in [1.165, 1.54) is 6.08 Å². The Morgan fingerprint density at radius 1 is 1.00 bits per heavy atom. The summed E-state index contributed by atoms with van der Waals surface area (Å²) in [6.45, 7) is 7.93. The maximum Gasteiger partial charge on any atom is 0.253 e. The summed E-state index contributed by atoms with van der Waals surface area (Å²) < 4.78 is 0. The molecule has 4 amide bonds. The minimum absolute atomic E-state index is 0. The lowest BCUT2D eigenvalue weighted by molar-refractivity contribution is -0.132. The second kappa shape index (κ2) is 15.5. The van der Waals surface area contributed by atoms with Gasteiger partial charge in [-0.1, -0.05) is 12.7 Å². The first-order valence-corrected chi connectivity index (χ1v) is 14.4. The summed E-state index contributed by atoms with van der Waals surface area (Å²) in [6, 6.07) is 6.65. The Bertz CT molecular complexity index is 1200. The highest BCUT2D eigenvalue weighted by Gasteiger charge is 2.36. The Kier molecular flexibility index (Phi) is 12.1. The normalized spacial score (nSPS) is 19.3. The zero-order valence-electron chi connectivity index (χ0n) is 23.9. The average molecular weight is 600 g/mol. The number of hydrogen-bond acceptors (Lipinski definition) is 7. The maximum atomic E-state index is 13.2. The summed E-state index contributed by atoms with van der Waals surface area (Å²) in [5, 5.41) is 6.57. The number of piperazine rings is 1. The van der Waals surface area contributed by atoms with Crippen LogP contribution in [0.3, 0.4) is 0 Å². The van der Waals surface area contributed by atoms with Gasteiger partial charge in [0.25, 0.3) is 17.7 Å². The van der Waals surface area contributed by atoms with Crippen LogP contribution in [0.25, 0.3) is 0 Å². The molecule has 6 N–H and O–H groups in total. The Morgan fingerprint density at radius 2 is 1.64 bits per heavy atom. The van der Waals surface area contributed by atoms with Crippen LogP contribution in [0.2, 0.25) is 0 Å². The fourth-order valence-corrected chi connectivity index (χ4v) is 5.63. The van der Waals surface area contributed by atoms with Crippen molar-refractivity contribution in [3.63, 3.8) is 0 Å². The quantitative estimate of drug-likeness (QED) is 0.235. The van der Waals surface area contributed by atoms with E-state index in [4.69, 9.17) is 11.5 Å². The van der Waals surface area contributed by atoms with E-state index in [0.29, 0.717) is 56.2 Å². The Morgan fingerprint density at radius 3 is 2.24 bits per heavy atom. The molecule has 0 spiro atoms. The van der Waals surface area contributed by atoms with Crippen molar-refractivity contribution in [2.45, 2.75) is 38.1 Å². The van der Waals surface area contributed by atoms with Gasteiger partial charge in [-0.15, -0.1) is 12.4 Å². The highest BCUT2D eigenvalue weighted by Crippen LogP contribution is 2.31. The zero-order chi connectivity index (χ0) is 29.4. The number of halogens is 1. The summed E-state index contributed by atoms with van der Waals surface area (Å²) in [5.41, 5.74) is 12.5. The SMILES string of the molecule is C=CC(=O)N1C(Nc2ccc(C(=O)N3CCN(C(=O)CCCCN)CC3)cc2)=C(C(N)=O)C=CC1C1CCNCC1.Cl. The van der Waals surface area contributed by atoms with Crippen molar-refractivity contribution in [2.75, 3.05) is 51.1 Å². The Labute approximate surface area is 253 Å². The molecule has 1 unspecified atom stereocenters.